The van der Waals surface area contributed by atoms with Crippen LogP contribution < -0.4 is 10.2 Å². The van der Waals surface area contributed by atoms with Crippen LogP contribution in [0, 0.1) is 0 Å². The zero-order valence-corrected chi connectivity index (χ0v) is 15.3. The summed E-state index contributed by atoms with van der Waals surface area (Å²) in [6, 6.07) is 21.6. The van der Waals surface area contributed by atoms with Gasteiger partial charge in [-0.1, -0.05) is 50.2 Å². The van der Waals surface area contributed by atoms with Crippen molar-refractivity contribution in [1.29, 1.82) is 0 Å². The quantitative estimate of drug-likeness (QED) is 0.689. The molecular formula is C22H23N3O. The summed E-state index contributed by atoms with van der Waals surface area (Å²) < 4.78 is 0. The van der Waals surface area contributed by atoms with Crippen molar-refractivity contribution < 1.29 is 4.79 Å². The fraction of sp³-hybridized carbons (Fsp3) is 0.182. The first-order valence-corrected chi connectivity index (χ1v) is 8.71. The second-order valence-corrected chi connectivity index (χ2v) is 6.49. The summed E-state index contributed by atoms with van der Waals surface area (Å²) in [5.41, 5.74) is 4.34. The maximum Gasteiger partial charge on any atom is 0.274 e. The minimum Gasteiger partial charge on any atom is -0.343 e. The molecule has 3 aromatic rings. The standard InChI is InChI=1S/C22H23N3O/c1-16(2)19-11-7-8-12-20(19)24-22(26)21-14-13-18(15-23-21)25(3)17-9-5-4-6-10-17/h4-16H,1-3H3,(H,24,26). The van der Waals surface area contributed by atoms with Gasteiger partial charge in [0.05, 0.1) is 11.9 Å². The summed E-state index contributed by atoms with van der Waals surface area (Å²) in [4.78, 5) is 18.9. The van der Waals surface area contributed by atoms with Crippen molar-refractivity contribution in [2.45, 2.75) is 19.8 Å². The van der Waals surface area contributed by atoms with Gasteiger partial charge in [0.15, 0.2) is 0 Å². The topological polar surface area (TPSA) is 45.2 Å². The van der Waals surface area contributed by atoms with E-state index in [0.29, 0.717) is 11.6 Å². The molecule has 0 aliphatic heterocycles. The highest BCUT2D eigenvalue weighted by Crippen LogP contribution is 2.25. The second kappa shape index (κ2) is 7.83. The van der Waals surface area contributed by atoms with E-state index < -0.39 is 0 Å². The normalized spacial score (nSPS) is 10.6. The molecule has 1 aromatic heterocycles. The highest BCUT2D eigenvalue weighted by atomic mass is 16.1. The molecule has 0 spiro atoms. The molecule has 26 heavy (non-hydrogen) atoms. The lowest BCUT2D eigenvalue weighted by atomic mass is 10.0. The molecule has 0 fully saturated rings. The van der Waals surface area contributed by atoms with E-state index in [2.05, 4.69) is 24.1 Å². The monoisotopic (exact) mass is 345 g/mol. The average molecular weight is 345 g/mol. The number of rotatable bonds is 5. The van der Waals surface area contributed by atoms with Crippen molar-refractivity contribution in [1.82, 2.24) is 4.98 Å². The van der Waals surface area contributed by atoms with Crippen molar-refractivity contribution in [3.8, 4) is 0 Å². The van der Waals surface area contributed by atoms with Crippen LogP contribution in [-0.2, 0) is 0 Å². The summed E-state index contributed by atoms with van der Waals surface area (Å²) >= 11 is 0. The van der Waals surface area contributed by atoms with E-state index in [9.17, 15) is 4.79 Å². The van der Waals surface area contributed by atoms with Crippen LogP contribution in [-0.4, -0.2) is 17.9 Å². The van der Waals surface area contributed by atoms with Gasteiger partial charge in [-0.3, -0.25) is 4.79 Å². The number of carbonyl (C=O) groups is 1. The summed E-state index contributed by atoms with van der Waals surface area (Å²) in [5, 5.41) is 2.97. The molecule has 1 heterocycles. The maximum atomic E-state index is 12.6. The van der Waals surface area contributed by atoms with Gasteiger partial charge >= 0.3 is 0 Å². The lowest BCUT2D eigenvalue weighted by Crippen LogP contribution is -2.16. The SMILES string of the molecule is CC(C)c1ccccc1NC(=O)c1ccc(N(C)c2ccccc2)cn1. The first kappa shape index (κ1) is 17.7. The van der Waals surface area contributed by atoms with E-state index in [1.807, 2.05) is 72.6 Å². The predicted octanol–water partition coefficient (Wildman–Crippen LogP) is 5.23. The molecule has 0 saturated carbocycles. The van der Waals surface area contributed by atoms with Gasteiger partial charge in [0.25, 0.3) is 5.91 Å². The van der Waals surface area contributed by atoms with Gasteiger partial charge < -0.3 is 10.2 Å². The number of nitrogens with one attached hydrogen (secondary N) is 1. The van der Waals surface area contributed by atoms with Crippen molar-refractivity contribution in [2.24, 2.45) is 0 Å². The smallest absolute Gasteiger partial charge is 0.274 e. The van der Waals surface area contributed by atoms with Crippen LogP contribution in [0.5, 0.6) is 0 Å². The maximum absolute atomic E-state index is 12.6. The highest BCUT2D eigenvalue weighted by molar-refractivity contribution is 6.03. The fourth-order valence-corrected chi connectivity index (χ4v) is 2.82. The van der Waals surface area contributed by atoms with Crippen LogP contribution in [0.2, 0.25) is 0 Å². The van der Waals surface area contributed by atoms with Gasteiger partial charge in [0.1, 0.15) is 5.69 Å². The van der Waals surface area contributed by atoms with Crippen molar-refractivity contribution in [2.75, 3.05) is 17.3 Å². The van der Waals surface area contributed by atoms with E-state index in [1.165, 1.54) is 0 Å². The third kappa shape index (κ3) is 3.91. The van der Waals surface area contributed by atoms with E-state index >= 15 is 0 Å². The van der Waals surface area contributed by atoms with Crippen LogP contribution in [0.15, 0.2) is 72.9 Å². The van der Waals surface area contributed by atoms with Crippen molar-refractivity contribution in [3.63, 3.8) is 0 Å². The number of hydrogen-bond acceptors (Lipinski definition) is 3. The lowest BCUT2D eigenvalue weighted by Gasteiger charge is -2.19. The minimum atomic E-state index is -0.202. The Hall–Kier alpha value is -3.14. The van der Waals surface area contributed by atoms with E-state index in [1.54, 1.807) is 12.3 Å². The highest BCUT2D eigenvalue weighted by Gasteiger charge is 2.12. The van der Waals surface area contributed by atoms with E-state index in [4.69, 9.17) is 0 Å². The average Bonchev–Trinajstić information content (AvgIpc) is 2.68. The molecule has 2 aromatic carbocycles. The molecule has 0 saturated heterocycles. The Morgan fingerprint density at radius 2 is 1.62 bits per heavy atom. The Kier molecular flexibility index (Phi) is 5.32. The summed E-state index contributed by atoms with van der Waals surface area (Å²) in [7, 11) is 1.98. The van der Waals surface area contributed by atoms with Gasteiger partial charge in [0.2, 0.25) is 0 Å². The predicted molar refractivity (Wildman–Crippen MR) is 107 cm³/mol. The molecule has 132 valence electrons. The molecular weight excluding hydrogens is 322 g/mol. The van der Waals surface area contributed by atoms with Crippen LogP contribution in [0.25, 0.3) is 0 Å². The largest absolute Gasteiger partial charge is 0.343 e. The number of pyridine rings is 1. The Morgan fingerprint density at radius 1 is 0.923 bits per heavy atom. The van der Waals surface area contributed by atoms with E-state index in [-0.39, 0.29) is 5.91 Å². The number of nitrogens with zero attached hydrogens (tertiary/aromatic N) is 2. The molecule has 0 atom stereocenters. The van der Waals surface area contributed by atoms with Gasteiger partial charge in [0, 0.05) is 18.4 Å². The van der Waals surface area contributed by atoms with Gasteiger partial charge in [-0.05, 0) is 41.8 Å². The summed E-state index contributed by atoms with van der Waals surface area (Å²) in [5.74, 6) is 0.133. The van der Waals surface area contributed by atoms with Crippen molar-refractivity contribution in [3.05, 3.63) is 84.2 Å². The molecule has 4 nitrogen and oxygen atoms in total. The fourth-order valence-electron chi connectivity index (χ4n) is 2.82. The molecule has 4 heteroatoms. The Labute approximate surface area is 154 Å². The molecule has 0 aliphatic carbocycles. The number of amides is 1. The summed E-state index contributed by atoms with van der Waals surface area (Å²) in [6.45, 7) is 4.22. The summed E-state index contributed by atoms with van der Waals surface area (Å²) in [6.07, 6.45) is 1.72. The van der Waals surface area contributed by atoms with Crippen LogP contribution in [0.1, 0.15) is 35.8 Å². The van der Waals surface area contributed by atoms with Crippen LogP contribution in [0.3, 0.4) is 0 Å². The third-order valence-electron chi connectivity index (χ3n) is 4.34. The number of benzene rings is 2. The van der Waals surface area contributed by atoms with E-state index in [0.717, 1.165) is 22.6 Å². The molecule has 3 rings (SSSR count). The second-order valence-electron chi connectivity index (χ2n) is 6.49. The Morgan fingerprint density at radius 3 is 2.27 bits per heavy atom. The molecule has 1 amide bonds. The number of anilines is 3. The van der Waals surface area contributed by atoms with Crippen LogP contribution >= 0.6 is 0 Å². The van der Waals surface area contributed by atoms with Crippen LogP contribution in [0.4, 0.5) is 17.1 Å². The zero-order valence-electron chi connectivity index (χ0n) is 15.3. The van der Waals surface area contributed by atoms with Gasteiger partial charge in [-0.15, -0.1) is 0 Å². The Bertz CT molecular complexity index is 873. The zero-order chi connectivity index (χ0) is 18.5. The van der Waals surface area contributed by atoms with Gasteiger partial charge in [-0.25, -0.2) is 4.98 Å². The Balaban J connectivity index is 1.76. The number of para-hydroxylation sites is 2. The molecule has 1 N–H and O–H groups in total. The van der Waals surface area contributed by atoms with Crippen molar-refractivity contribution >= 4 is 23.0 Å². The number of aromatic nitrogens is 1. The molecule has 0 bridgehead atoms. The molecule has 0 aliphatic rings. The lowest BCUT2D eigenvalue weighted by molar-refractivity contribution is 0.102. The van der Waals surface area contributed by atoms with Gasteiger partial charge in [-0.2, -0.15) is 0 Å². The molecule has 0 radical (unpaired) electrons. The third-order valence-corrected chi connectivity index (χ3v) is 4.34. The number of hydrogen-bond donors (Lipinski definition) is 1. The number of carbonyl (C=O) groups excluding carboxylic acids is 1. The molecule has 0 unspecified atom stereocenters. The first-order valence-electron chi connectivity index (χ1n) is 8.71. The minimum absolute atomic E-state index is 0.202. The first-order chi connectivity index (χ1) is 12.6.